The lowest BCUT2D eigenvalue weighted by molar-refractivity contribution is -0.150. The number of esters is 1. The van der Waals surface area contributed by atoms with Gasteiger partial charge >= 0.3 is 11.9 Å². The van der Waals surface area contributed by atoms with E-state index in [0.29, 0.717) is 6.42 Å². The van der Waals surface area contributed by atoms with E-state index in [0.717, 1.165) is 70.6 Å². The third-order valence-electron chi connectivity index (χ3n) is 6.74. The molecule has 1 atom stereocenters. The molecule has 0 aliphatic rings. The minimum Gasteiger partial charge on any atom is -0.481 e. The van der Waals surface area contributed by atoms with E-state index in [2.05, 4.69) is 26.0 Å². The summed E-state index contributed by atoms with van der Waals surface area (Å²) < 4.78 is 5.86. The number of ether oxygens (including phenoxy) is 1. The van der Waals surface area contributed by atoms with Gasteiger partial charge in [-0.25, -0.2) is 0 Å². The number of hydrogen-bond acceptors (Lipinski definition) is 3. The van der Waals surface area contributed by atoms with E-state index < -0.39 is 5.97 Å². The summed E-state index contributed by atoms with van der Waals surface area (Å²) in [6.07, 6.45) is 30.9. The lowest BCUT2D eigenvalue weighted by Crippen LogP contribution is -2.18. The second-order valence-electron chi connectivity index (χ2n) is 10.3. The fraction of sp³-hybridized carbons (Fsp3) is 0.871. The van der Waals surface area contributed by atoms with E-state index in [1.54, 1.807) is 0 Å². The Kier molecular flexibility index (Phi) is 26.2. The number of carboxylic acids is 1. The molecule has 206 valence electrons. The first kappa shape index (κ1) is 33.7. The van der Waals surface area contributed by atoms with Crippen molar-refractivity contribution in [2.75, 3.05) is 0 Å². The Morgan fingerprint density at radius 1 is 0.600 bits per heavy atom. The van der Waals surface area contributed by atoms with Crippen molar-refractivity contribution in [3.8, 4) is 0 Å². The monoisotopic (exact) mass is 494 g/mol. The zero-order valence-corrected chi connectivity index (χ0v) is 23.4. The fourth-order valence-electron chi connectivity index (χ4n) is 4.47. The normalized spacial score (nSPS) is 12.3. The second kappa shape index (κ2) is 27.3. The van der Waals surface area contributed by atoms with E-state index in [-0.39, 0.29) is 18.5 Å². The first-order valence-corrected chi connectivity index (χ1v) is 15.2. The molecule has 0 aromatic carbocycles. The van der Waals surface area contributed by atoms with Gasteiger partial charge < -0.3 is 9.84 Å². The van der Waals surface area contributed by atoms with Gasteiger partial charge in [-0.1, -0.05) is 103 Å². The van der Waals surface area contributed by atoms with Crippen LogP contribution in [0, 0.1) is 0 Å². The molecule has 0 bridgehead atoms. The van der Waals surface area contributed by atoms with Gasteiger partial charge in [0.15, 0.2) is 0 Å². The summed E-state index contributed by atoms with van der Waals surface area (Å²) in [6, 6.07) is 0. The van der Waals surface area contributed by atoms with Crippen molar-refractivity contribution < 1.29 is 19.4 Å². The molecule has 0 aliphatic carbocycles. The van der Waals surface area contributed by atoms with Crippen LogP contribution in [0.5, 0.6) is 0 Å². The van der Waals surface area contributed by atoms with Gasteiger partial charge in [0, 0.05) is 12.8 Å². The van der Waals surface area contributed by atoms with Crippen LogP contribution in [-0.2, 0) is 14.3 Å². The smallest absolute Gasteiger partial charge is 0.306 e. The zero-order valence-electron chi connectivity index (χ0n) is 23.4. The van der Waals surface area contributed by atoms with Crippen LogP contribution in [0.15, 0.2) is 12.2 Å². The third-order valence-corrected chi connectivity index (χ3v) is 6.74. The highest BCUT2D eigenvalue weighted by Crippen LogP contribution is 2.17. The summed E-state index contributed by atoms with van der Waals surface area (Å²) in [5, 5.41) is 8.69. The predicted octanol–water partition coefficient (Wildman–Crippen LogP) is 9.94. The maximum atomic E-state index is 12.4. The molecule has 4 heteroatoms. The number of aliphatic carboxylic acids is 1. The van der Waals surface area contributed by atoms with Crippen LogP contribution in [0.1, 0.15) is 168 Å². The highest BCUT2D eigenvalue weighted by atomic mass is 16.5. The number of rotatable bonds is 27. The maximum absolute atomic E-state index is 12.4. The molecule has 1 N–H and O–H groups in total. The molecule has 0 aromatic heterocycles. The summed E-state index contributed by atoms with van der Waals surface area (Å²) in [5.41, 5.74) is 0. The van der Waals surface area contributed by atoms with E-state index in [1.165, 1.54) is 70.6 Å². The number of carboxylic acid groups (broad SMARTS) is 1. The quantitative estimate of drug-likeness (QED) is 0.0701. The third kappa shape index (κ3) is 27.1. The van der Waals surface area contributed by atoms with Crippen molar-refractivity contribution >= 4 is 11.9 Å². The van der Waals surface area contributed by atoms with Crippen LogP contribution < -0.4 is 0 Å². The van der Waals surface area contributed by atoms with Gasteiger partial charge in [0.05, 0.1) is 0 Å². The van der Waals surface area contributed by atoms with Crippen molar-refractivity contribution in [1.29, 1.82) is 0 Å². The van der Waals surface area contributed by atoms with E-state index >= 15 is 0 Å². The Bertz CT molecular complexity index is 500. The van der Waals surface area contributed by atoms with Gasteiger partial charge in [-0.15, -0.1) is 0 Å². The van der Waals surface area contributed by atoms with Gasteiger partial charge in [-0.2, -0.15) is 0 Å². The van der Waals surface area contributed by atoms with E-state index in [9.17, 15) is 9.59 Å². The van der Waals surface area contributed by atoms with Crippen LogP contribution in [0.25, 0.3) is 0 Å². The van der Waals surface area contributed by atoms with Gasteiger partial charge in [-0.05, 0) is 64.2 Å². The lowest BCUT2D eigenvalue weighted by Gasteiger charge is -2.18. The molecular weight excluding hydrogens is 436 g/mol. The van der Waals surface area contributed by atoms with Crippen LogP contribution in [0.2, 0.25) is 0 Å². The largest absolute Gasteiger partial charge is 0.481 e. The molecule has 0 radical (unpaired) electrons. The number of unbranched alkanes of at least 4 members (excludes halogenated alkanes) is 16. The molecule has 0 fully saturated rings. The van der Waals surface area contributed by atoms with Crippen molar-refractivity contribution in [3.05, 3.63) is 12.2 Å². The number of carbonyl (C=O) groups excluding carboxylic acids is 1. The standard InChI is InChI=1S/C31H58O4/c1-3-5-7-8-9-10-11-12-13-14-15-20-24-28-31(34)35-29(25-21-6-4-2)26-22-18-16-17-19-23-27-30(32)33/h10-11,29H,3-9,12-28H2,1-2H3,(H,32,33)/b11-10-. The summed E-state index contributed by atoms with van der Waals surface area (Å²) in [6.45, 7) is 4.46. The number of carbonyl (C=O) groups is 2. The Morgan fingerprint density at radius 2 is 1.03 bits per heavy atom. The highest BCUT2D eigenvalue weighted by molar-refractivity contribution is 5.69. The van der Waals surface area contributed by atoms with Crippen molar-refractivity contribution in [1.82, 2.24) is 0 Å². The van der Waals surface area contributed by atoms with Crippen molar-refractivity contribution in [2.24, 2.45) is 0 Å². The first-order chi connectivity index (χ1) is 17.1. The van der Waals surface area contributed by atoms with Crippen molar-refractivity contribution in [3.63, 3.8) is 0 Å². The molecule has 0 amide bonds. The van der Waals surface area contributed by atoms with Crippen LogP contribution in [0.4, 0.5) is 0 Å². The highest BCUT2D eigenvalue weighted by Gasteiger charge is 2.14. The average Bonchev–Trinajstić information content (AvgIpc) is 2.83. The summed E-state index contributed by atoms with van der Waals surface area (Å²) in [4.78, 5) is 22.9. The molecule has 0 heterocycles. The molecule has 0 saturated heterocycles. The second-order valence-corrected chi connectivity index (χ2v) is 10.3. The molecule has 0 aliphatic heterocycles. The summed E-state index contributed by atoms with van der Waals surface area (Å²) >= 11 is 0. The maximum Gasteiger partial charge on any atom is 0.306 e. The predicted molar refractivity (Wildman–Crippen MR) is 149 cm³/mol. The molecule has 35 heavy (non-hydrogen) atoms. The van der Waals surface area contributed by atoms with Crippen molar-refractivity contribution in [2.45, 2.75) is 174 Å². The molecule has 0 rings (SSSR count). The Morgan fingerprint density at radius 3 is 1.60 bits per heavy atom. The Labute approximate surface area is 217 Å². The van der Waals surface area contributed by atoms with Gasteiger partial charge in [0.2, 0.25) is 0 Å². The molecule has 4 nitrogen and oxygen atoms in total. The van der Waals surface area contributed by atoms with E-state index in [1.807, 2.05) is 0 Å². The molecular formula is C31H58O4. The lowest BCUT2D eigenvalue weighted by atomic mass is 10.0. The molecule has 0 spiro atoms. The van der Waals surface area contributed by atoms with Gasteiger partial charge in [-0.3, -0.25) is 9.59 Å². The molecule has 1 unspecified atom stereocenters. The Hall–Kier alpha value is -1.32. The van der Waals surface area contributed by atoms with Crippen LogP contribution in [0.3, 0.4) is 0 Å². The van der Waals surface area contributed by atoms with Gasteiger partial charge in [0.1, 0.15) is 6.10 Å². The average molecular weight is 495 g/mol. The minimum atomic E-state index is -0.696. The first-order valence-electron chi connectivity index (χ1n) is 15.2. The summed E-state index contributed by atoms with van der Waals surface area (Å²) in [7, 11) is 0. The minimum absolute atomic E-state index is 0.00817. The molecule has 0 saturated carbocycles. The number of allylic oxidation sites excluding steroid dienone is 2. The SMILES string of the molecule is CCCCCC/C=C\CCCCCCCC(=O)OC(CCCCC)CCCCCCCCC(=O)O. The van der Waals surface area contributed by atoms with Crippen LogP contribution in [-0.4, -0.2) is 23.1 Å². The zero-order chi connectivity index (χ0) is 25.8. The number of hydrogen-bond donors (Lipinski definition) is 1. The summed E-state index contributed by atoms with van der Waals surface area (Å²) in [5.74, 6) is -0.704. The fourth-order valence-corrected chi connectivity index (χ4v) is 4.47. The Balaban J connectivity index is 3.80. The topological polar surface area (TPSA) is 63.6 Å². The van der Waals surface area contributed by atoms with Crippen LogP contribution >= 0.6 is 0 Å². The molecule has 0 aromatic rings. The van der Waals surface area contributed by atoms with E-state index in [4.69, 9.17) is 9.84 Å². The van der Waals surface area contributed by atoms with Gasteiger partial charge in [0.25, 0.3) is 0 Å².